The van der Waals surface area contributed by atoms with Crippen LogP contribution in [0.25, 0.3) is 11.0 Å². The second-order valence-electron chi connectivity index (χ2n) is 4.78. The van der Waals surface area contributed by atoms with Crippen LogP contribution in [0.15, 0.2) is 18.3 Å². The molecule has 0 aromatic carbocycles. The molecule has 2 aromatic heterocycles. The molecule has 0 unspecified atom stereocenters. The van der Waals surface area contributed by atoms with E-state index in [9.17, 15) is 0 Å². The number of nitrogens with two attached hydrogens (primary N) is 1. The Morgan fingerprint density at radius 2 is 2.19 bits per heavy atom. The molecule has 0 bridgehead atoms. The second-order valence-corrected chi connectivity index (χ2v) is 4.78. The van der Waals surface area contributed by atoms with E-state index < -0.39 is 0 Å². The van der Waals surface area contributed by atoms with Crippen molar-refractivity contribution in [2.24, 2.45) is 5.73 Å². The fourth-order valence-electron chi connectivity index (χ4n) is 1.58. The monoisotopic (exact) mass is 219 g/mol. The summed E-state index contributed by atoms with van der Waals surface area (Å²) in [6.45, 7) is 6.54. The van der Waals surface area contributed by atoms with Gasteiger partial charge in [-0.15, -0.1) is 0 Å². The zero-order valence-corrected chi connectivity index (χ0v) is 9.87. The van der Waals surface area contributed by atoms with E-state index in [1.54, 1.807) is 6.20 Å². The van der Waals surface area contributed by atoms with E-state index in [4.69, 9.17) is 10.5 Å². The fraction of sp³-hybridized carbons (Fsp3) is 0.417. The first kappa shape index (κ1) is 11.0. The maximum Gasteiger partial charge on any atom is 0.147 e. The molecule has 0 aliphatic carbocycles. The van der Waals surface area contributed by atoms with E-state index in [0.29, 0.717) is 6.54 Å². The van der Waals surface area contributed by atoms with Gasteiger partial charge in [0.15, 0.2) is 0 Å². The van der Waals surface area contributed by atoms with Crippen molar-refractivity contribution < 1.29 is 4.74 Å². The molecular formula is C12H17N3O. The van der Waals surface area contributed by atoms with E-state index in [2.05, 4.69) is 9.97 Å². The Bertz CT molecular complexity index is 496. The molecule has 0 aliphatic heterocycles. The van der Waals surface area contributed by atoms with Gasteiger partial charge < -0.3 is 15.5 Å². The normalized spacial score (nSPS) is 12.0. The van der Waals surface area contributed by atoms with E-state index in [1.165, 1.54) is 0 Å². The van der Waals surface area contributed by atoms with Crippen LogP contribution in [0.1, 0.15) is 26.5 Å². The standard InChI is InChI=1S/C12H17N3O/c1-12(2,3)16-10-4-5-14-9-6-8(7-13)15-11(9)10/h4-6,15H,7,13H2,1-3H3. The highest BCUT2D eigenvalue weighted by Crippen LogP contribution is 2.26. The van der Waals surface area contributed by atoms with Crippen LogP contribution in [0, 0.1) is 0 Å². The maximum absolute atomic E-state index is 5.86. The van der Waals surface area contributed by atoms with Crippen LogP contribution in [-0.4, -0.2) is 15.6 Å². The summed E-state index contributed by atoms with van der Waals surface area (Å²) >= 11 is 0. The van der Waals surface area contributed by atoms with Gasteiger partial charge in [-0.1, -0.05) is 0 Å². The fourth-order valence-corrected chi connectivity index (χ4v) is 1.58. The summed E-state index contributed by atoms with van der Waals surface area (Å²) in [5, 5.41) is 0. The van der Waals surface area contributed by atoms with E-state index >= 15 is 0 Å². The first-order valence-corrected chi connectivity index (χ1v) is 5.35. The van der Waals surface area contributed by atoms with Crippen LogP contribution in [0.3, 0.4) is 0 Å². The minimum absolute atomic E-state index is 0.220. The molecule has 2 aromatic rings. The number of fused-ring (bicyclic) bond motifs is 1. The van der Waals surface area contributed by atoms with Crippen molar-refractivity contribution in [1.29, 1.82) is 0 Å². The van der Waals surface area contributed by atoms with Crippen molar-refractivity contribution in [2.75, 3.05) is 0 Å². The number of aromatic amines is 1. The highest BCUT2D eigenvalue weighted by molar-refractivity contribution is 5.82. The third-order valence-corrected chi connectivity index (χ3v) is 2.17. The van der Waals surface area contributed by atoms with Crippen molar-refractivity contribution in [3.8, 4) is 5.75 Å². The Balaban J connectivity index is 2.48. The van der Waals surface area contributed by atoms with Gasteiger partial charge in [-0.3, -0.25) is 4.98 Å². The smallest absolute Gasteiger partial charge is 0.147 e. The van der Waals surface area contributed by atoms with Crippen LogP contribution in [-0.2, 0) is 6.54 Å². The minimum atomic E-state index is -0.220. The third-order valence-electron chi connectivity index (χ3n) is 2.17. The van der Waals surface area contributed by atoms with Crippen molar-refractivity contribution in [1.82, 2.24) is 9.97 Å². The average molecular weight is 219 g/mol. The lowest BCUT2D eigenvalue weighted by atomic mass is 10.2. The van der Waals surface area contributed by atoms with E-state index in [-0.39, 0.29) is 5.60 Å². The lowest BCUT2D eigenvalue weighted by Gasteiger charge is -2.21. The molecule has 4 nitrogen and oxygen atoms in total. The number of hydrogen-bond acceptors (Lipinski definition) is 3. The molecule has 0 radical (unpaired) electrons. The molecule has 4 heteroatoms. The summed E-state index contributed by atoms with van der Waals surface area (Å²) in [6, 6.07) is 3.81. The van der Waals surface area contributed by atoms with Gasteiger partial charge in [0.05, 0.1) is 5.52 Å². The first-order chi connectivity index (χ1) is 7.49. The molecule has 2 heterocycles. The molecule has 0 spiro atoms. The largest absolute Gasteiger partial charge is 0.486 e. The molecule has 0 saturated heterocycles. The average Bonchev–Trinajstić information content (AvgIpc) is 2.59. The molecule has 0 amide bonds. The molecule has 16 heavy (non-hydrogen) atoms. The summed E-state index contributed by atoms with van der Waals surface area (Å²) < 4.78 is 5.86. The summed E-state index contributed by atoms with van der Waals surface area (Å²) in [6.07, 6.45) is 1.75. The van der Waals surface area contributed by atoms with E-state index in [0.717, 1.165) is 22.5 Å². The van der Waals surface area contributed by atoms with Crippen LogP contribution >= 0.6 is 0 Å². The number of rotatable bonds is 2. The Morgan fingerprint density at radius 3 is 2.81 bits per heavy atom. The van der Waals surface area contributed by atoms with Crippen molar-refractivity contribution in [3.63, 3.8) is 0 Å². The predicted molar refractivity (Wildman–Crippen MR) is 64.4 cm³/mol. The molecule has 0 fully saturated rings. The molecule has 0 saturated carbocycles. The Morgan fingerprint density at radius 1 is 1.44 bits per heavy atom. The van der Waals surface area contributed by atoms with Gasteiger partial charge in [-0.05, 0) is 26.8 Å². The first-order valence-electron chi connectivity index (χ1n) is 5.35. The number of aromatic nitrogens is 2. The Labute approximate surface area is 94.8 Å². The SMILES string of the molecule is CC(C)(C)Oc1ccnc2cc(CN)[nH]c12. The zero-order valence-electron chi connectivity index (χ0n) is 9.87. The third kappa shape index (κ3) is 2.17. The topological polar surface area (TPSA) is 63.9 Å². The van der Waals surface area contributed by atoms with Gasteiger partial charge in [-0.25, -0.2) is 0 Å². The van der Waals surface area contributed by atoms with Crippen LogP contribution in [0.5, 0.6) is 5.75 Å². The molecule has 2 rings (SSSR count). The molecule has 3 N–H and O–H groups in total. The predicted octanol–water partition coefficient (Wildman–Crippen LogP) is 2.20. The summed E-state index contributed by atoms with van der Waals surface area (Å²) in [4.78, 5) is 7.50. The lowest BCUT2D eigenvalue weighted by Crippen LogP contribution is -2.23. The molecular weight excluding hydrogens is 202 g/mol. The molecule has 86 valence electrons. The zero-order chi connectivity index (χ0) is 11.8. The highest BCUT2D eigenvalue weighted by Gasteiger charge is 2.15. The Hall–Kier alpha value is -1.55. The second kappa shape index (κ2) is 3.79. The minimum Gasteiger partial charge on any atom is -0.486 e. The molecule has 0 aliphatic rings. The van der Waals surface area contributed by atoms with Gasteiger partial charge in [0.2, 0.25) is 0 Å². The van der Waals surface area contributed by atoms with Crippen molar-refractivity contribution >= 4 is 11.0 Å². The van der Waals surface area contributed by atoms with Crippen molar-refractivity contribution in [3.05, 3.63) is 24.0 Å². The number of H-pyrrole nitrogens is 1. The summed E-state index contributed by atoms with van der Waals surface area (Å²) in [7, 11) is 0. The van der Waals surface area contributed by atoms with Crippen LogP contribution in [0.2, 0.25) is 0 Å². The maximum atomic E-state index is 5.86. The molecule has 0 atom stereocenters. The number of pyridine rings is 1. The van der Waals surface area contributed by atoms with Gasteiger partial charge in [0, 0.05) is 24.5 Å². The van der Waals surface area contributed by atoms with Gasteiger partial charge >= 0.3 is 0 Å². The van der Waals surface area contributed by atoms with Gasteiger partial charge in [0.25, 0.3) is 0 Å². The lowest BCUT2D eigenvalue weighted by molar-refractivity contribution is 0.133. The number of nitrogens with zero attached hydrogens (tertiary/aromatic N) is 1. The van der Waals surface area contributed by atoms with Crippen LogP contribution < -0.4 is 10.5 Å². The van der Waals surface area contributed by atoms with Gasteiger partial charge in [0.1, 0.15) is 16.9 Å². The number of nitrogens with one attached hydrogen (secondary N) is 1. The Kier molecular flexibility index (Phi) is 2.59. The summed E-state index contributed by atoms with van der Waals surface area (Å²) in [5.41, 5.74) is 8.14. The summed E-state index contributed by atoms with van der Waals surface area (Å²) in [5.74, 6) is 0.817. The van der Waals surface area contributed by atoms with E-state index in [1.807, 2.05) is 32.9 Å². The van der Waals surface area contributed by atoms with Crippen LogP contribution in [0.4, 0.5) is 0 Å². The van der Waals surface area contributed by atoms with Gasteiger partial charge in [-0.2, -0.15) is 0 Å². The quantitative estimate of drug-likeness (QED) is 0.813. The number of ether oxygens (including phenoxy) is 1. The van der Waals surface area contributed by atoms with Crippen molar-refractivity contribution in [2.45, 2.75) is 32.9 Å². The number of hydrogen-bond donors (Lipinski definition) is 2. The highest BCUT2D eigenvalue weighted by atomic mass is 16.5.